The van der Waals surface area contributed by atoms with Gasteiger partial charge in [0.25, 0.3) is 0 Å². The third-order valence-corrected chi connectivity index (χ3v) is 5.38. The lowest BCUT2D eigenvalue weighted by molar-refractivity contribution is -0.141. The number of carbonyl (C=O) groups is 1. The first-order valence-electron chi connectivity index (χ1n) is 7.64. The van der Waals surface area contributed by atoms with E-state index in [1.807, 2.05) is 17.0 Å². The summed E-state index contributed by atoms with van der Waals surface area (Å²) >= 11 is 1.75. The lowest BCUT2D eigenvalue weighted by Crippen LogP contribution is -2.44. The SMILES string of the molecule is Cc1nnc(C2CN(C(=O)C3CSc4ccccc43)CCO2)o1. The number of carbonyl (C=O) groups excluding carboxylic acids is 1. The molecule has 0 bridgehead atoms. The number of aryl methyl sites for hydroxylation is 1. The number of morpholine rings is 1. The molecule has 120 valence electrons. The van der Waals surface area contributed by atoms with Gasteiger partial charge in [0.05, 0.1) is 19.1 Å². The second kappa shape index (κ2) is 5.98. The molecule has 2 aliphatic rings. The fraction of sp³-hybridized carbons (Fsp3) is 0.438. The third-order valence-electron chi connectivity index (χ3n) is 4.19. The number of benzene rings is 1. The first-order valence-corrected chi connectivity index (χ1v) is 8.63. The van der Waals surface area contributed by atoms with Crippen LogP contribution in [0.3, 0.4) is 0 Å². The minimum atomic E-state index is -0.335. The van der Waals surface area contributed by atoms with Gasteiger partial charge in [0, 0.05) is 24.1 Å². The van der Waals surface area contributed by atoms with Crippen LogP contribution in [0.25, 0.3) is 0 Å². The smallest absolute Gasteiger partial charge is 0.246 e. The summed E-state index contributed by atoms with van der Waals surface area (Å²) in [5.74, 6) is 1.85. The lowest BCUT2D eigenvalue weighted by atomic mass is 9.99. The van der Waals surface area contributed by atoms with E-state index in [0.29, 0.717) is 31.5 Å². The zero-order valence-electron chi connectivity index (χ0n) is 12.8. The molecule has 0 N–H and O–H groups in total. The lowest BCUT2D eigenvalue weighted by Gasteiger charge is -2.33. The van der Waals surface area contributed by atoms with Gasteiger partial charge in [0.1, 0.15) is 0 Å². The van der Waals surface area contributed by atoms with Gasteiger partial charge in [-0.3, -0.25) is 4.79 Å². The summed E-state index contributed by atoms with van der Waals surface area (Å²) in [6.07, 6.45) is -0.335. The van der Waals surface area contributed by atoms with Crippen molar-refractivity contribution in [3.8, 4) is 0 Å². The number of aromatic nitrogens is 2. The second-order valence-electron chi connectivity index (χ2n) is 5.70. The van der Waals surface area contributed by atoms with Gasteiger partial charge in [-0.15, -0.1) is 22.0 Å². The van der Waals surface area contributed by atoms with E-state index in [-0.39, 0.29) is 17.9 Å². The Bertz CT molecular complexity index is 733. The van der Waals surface area contributed by atoms with Crippen LogP contribution in [-0.4, -0.2) is 46.5 Å². The van der Waals surface area contributed by atoms with Crippen LogP contribution in [0.4, 0.5) is 0 Å². The molecule has 0 saturated carbocycles. The Morgan fingerprint density at radius 1 is 1.35 bits per heavy atom. The van der Waals surface area contributed by atoms with E-state index in [9.17, 15) is 4.79 Å². The van der Waals surface area contributed by atoms with Crippen LogP contribution in [0, 0.1) is 6.92 Å². The zero-order chi connectivity index (χ0) is 15.8. The minimum absolute atomic E-state index is 0.0700. The van der Waals surface area contributed by atoms with Crippen molar-refractivity contribution in [3.05, 3.63) is 41.6 Å². The summed E-state index contributed by atoms with van der Waals surface area (Å²) in [5.41, 5.74) is 1.14. The molecule has 2 atom stereocenters. The fourth-order valence-corrected chi connectivity index (χ4v) is 4.25. The molecule has 6 nitrogen and oxygen atoms in total. The highest BCUT2D eigenvalue weighted by atomic mass is 32.2. The Hall–Kier alpha value is -1.86. The van der Waals surface area contributed by atoms with Gasteiger partial charge in [0.15, 0.2) is 6.10 Å². The van der Waals surface area contributed by atoms with E-state index >= 15 is 0 Å². The number of nitrogens with zero attached hydrogens (tertiary/aromatic N) is 3. The number of hydrogen-bond donors (Lipinski definition) is 0. The molecular weight excluding hydrogens is 314 g/mol. The van der Waals surface area contributed by atoms with Crippen LogP contribution in [0.2, 0.25) is 0 Å². The summed E-state index contributed by atoms with van der Waals surface area (Å²) < 4.78 is 11.1. The molecule has 2 aromatic rings. The van der Waals surface area contributed by atoms with Crippen molar-refractivity contribution in [1.29, 1.82) is 0 Å². The first-order chi connectivity index (χ1) is 11.2. The topological polar surface area (TPSA) is 68.5 Å². The van der Waals surface area contributed by atoms with Gasteiger partial charge in [-0.2, -0.15) is 0 Å². The van der Waals surface area contributed by atoms with Gasteiger partial charge in [-0.25, -0.2) is 0 Å². The van der Waals surface area contributed by atoms with Crippen LogP contribution in [0.1, 0.15) is 29.4 Å². The quantitative estimate of drug-likeness (QED) is 0.840. The molecule has 2 unspecified atom stereocenters. The number of amides is 1. The molecule has 1 aromatic carbocycles. The standard InChI is InChI=1S/C16H17N3O3S/c1-10-17-18-15(22-10)13-8-19(6-7-21-13)16(20)12-9-23-14-5-3-2-4-11(12)14/h2-5,12-13H,6-9H2,1H3. The highest BCUT2D eigenvalue weighted by Gasteiger charge is 2.36. The van der Waals surface area contributed by atoms with E-state index in [0.717, 1.165) is 11.3 Å². The largest absolute Gasteiger partial charge is 0.423 e. The van der Waals surface area contributed by atoms with E-state index in [1.54, 1.807) is 18.7 Å². The number of hydrogen-bond acceptors (Lipinski definition) is 6. The number of rotatable bonds is 2. The van der Waals surface area contributed by atoms with Crippen molar-refractivity contribution in [1.82, 2.24) is 15.1 Å². The third kappa shape index (κ3) is 2.74. The number of fused-ring (bicyclic) bond motifs is 1. The maximum atomic E-state index is 12.9. The number of thioether (sulfide) groups is 1. The van der Waals surface area contributed by atoms with Crippen LogP contribution in [0.5, 0.6) is 0 Å². The Kier molecular flexibility index (Phi) is 3.82. The van der Waals surface area contributed by atoms with Crippen molar-refractivity contribution >= 4 is 17.7 Å². The van der Waals surface area contributed by atoms with Gasteiger partial charge >= 0.3 is 0 Å². The molecular formula is C16H17N3O3S. The fourth-order valence-electron chi connectivity index (χ4n) is 3.03. The minimum Gasteiger partial charge on any atom is -0.423 e. The van der Waals surface area contributed by atoms with E-state index in [1.165, 1.54) is 4.90 Å². The Morgan fingerprint density at radius 3 is 3.04 bits per heavy atom. The van der Waals surface area contributed by atoms with Crippen molar-refractivity contribution in [2.75, 3.05) is 25.4 Å². The summed E-state index contributed by atoms with van der Waals surface area (Å²) in [5, 5.41) is 7.85. The van der Waals surface area contributed by atoms with Crippen molar-refractivity contribution in [2.24, 2.45) is 0 Å². The normalized spacial score (nSPS) is 23.8. The maximum absolute atomic E-state index is 12.9. The van der Waals surface area contributed by atoms with Crippen LogP contribution >= 0.6 is 11.8 Å². The molecule has 2 aliphatic heterocycles. The van der Waals surface area contributed by atoms with Gasteiger partial charge in [-0.1, -0.05) is 18.2 Å². The molecule has 1 amide bonds. The maximum Gasteiger partial charge on any atom is 0.246 e. The van der Waals surface area contributed by atoms with E-state index in [2.05, 4.69) is 22.3 Å². The van der Waals surface area contributed by atoms with Crippen molar-refractivity contribution < 1.29 is 13.9 Å². The summed E-state index contributed by atoms with van der Waals surface area (Å²) in [7, 11) is 0. The Morgan fingerprint density at radius 2 is 2.22 bits per heavy atom. The van der Waals surface area contributed by atoms with Crippen molar-refractivity contribution in [2.45, 2.75) is 23.8 Å². The van der Waals surface area contributed by atoms with Gasteiger partial charge < -0.3 is 14.1 Å². The highest BCUT2D eigenvalue weighted by Crippen LogP contribution is 2.40. The van der Waals surface area contributed by atoms with Crippen LogP contribution in [-0.2, 0) is 9.53 Å². The monoisotopic (exact) mass is 331 g/mol. The molecule has 0 aliphatic carbocycles. The first kappa shape index (κ1) is 14.7. The molecule has 0 radical (unpaired) electrons. The Labute approximate surface area is 138 Å². The average molecular weight is 331 g/mol. The van der Waals surface area contributed by atoms with Crippen LogP contribution in [0.15, 0.2) is 33.6 Å². The molecule has 4 rings (SSSR count). The molecule has 23 heavy (non-hydrogen) atoms. The average Bonchev–Trinajstić information content (AvgIpc) is 3.20. The molecule has 1 saturated heterocycles. The van der Waals surface area contributed by atoms with E-state index in [4.69, 9.17) is 9.15 Å². The molecule has 7 heteroatoms. The second-order valence-corrected chi connectivity index (χ2v) is 6.77. The van der Waals surface area contributed by atoms with Gasteiger partial charge in [-0.05, 0) is 11.6 Å². The Balaban J connectivity index is 1.51. The zero-order valence-corrected chi connectivity index (χ0v) is 13.6. The van der Waals surface area contributed by atoms with E-state index < -0.39 is 0 Å². The predicted octanol–water partition coefficient (Wildman–Crippen LogP) is 2.17. The summed E-state index contributed by atoms with van der Waals surface area (Å²) in [4.78, 5) is 16.0. The molecule has 3 heterocycles. The predicted molar refractivity (Wildman–Crippen MR) is 84.2 cm³/mol. The number of ether oxygens (including phenoxy) is 1. The van der Waals surface area contributed by atoms with Gasteiger partial charge in [0.2, 0.25) is 17.7 Å². The van der Waals surface area contributed by atoms with Crippen molar-refractivity contribution in [3.63, 3.8) is 0 Å². The molecule has 1 aromatic heterocycles. The van der Waals surface area contributed by atoms with Crippen LogP contribution < -0.4 is 0 Å². The molecule has 1 fully saturated rings. The highest BCUT2D eigenvalue weighted by molar-refractivity contribution is 7.99. The summed E-state index contributed by atoms with van der Waals surface area (Å²) in [6.45, 7) is 3.30. The molecule has 0 spiro atoms. The summed E-state index contributed by atoms with van der Waals surface area (Å²) in [6, 6.07) is 8.14.